The quantitative estimate of drug-likeness (QED) is 0.149. The number of aromatic nitrogens is 2. The highest BCUT2D eigenvalue weighted by atomic mass is 15.1. The molecule has 3 heteroatoms. The molecule has 1 saturated carbocycles. The predicted octanol–water partition coefficient (Wildman–Crippen LogP) is 16.7. The summed E-state index contributed by atoms with van der Waals surface area (Å²) >= 11 is 0. The molecule has 10 aromatic carbocycles. The van der Waals surface area contributed by atoms with Crippen LogP contribution in [0.15, 0.2) is 231 Å². The van der Waals surface area contributed by atoms with Gasteiger partial charge in [0, 0.05) is 55.4 Å². The van der Waals surface area contributed by atoms with E-state index in [1.807, 2.05) is 0 Å². The maximum absolute atomic E-state index is 2.54. The molecule has 0 unspecified atom stereocenters. The summed E-state index contributed by atoms with van der Waals surface area (Å²) in [4.78, 5) is 2.43. The van der Waals surface area contributed by atoms with E-state index in [0.717, 1.165) is 22.7 Å². The van der Waals surface area contributed by atoms with Gasteiger partial charge >= 0.3 is 0 Å². The lowest BCUT2D eigenvalue weighted by atomic mass is 9.96. The van der Waals surface area contributed by atoms with E-state index >= 15 is 0 Å². The maximum Gasteiger partial charge on any atom is 0.0620 e. The van der Waals surface area contributed by atoms with Crippen LogP contribution in [0.1, 0.15) is 24.3 Å². The number of benzene rings is 10. The number of fused-ring (bicyclic) bond motifs is 8. The maximum atomic E-state index is 2.54. The lowest BCUT2D eigenvalue weighted by molar-refractivity contribution is 1.15. The van der Waals surface area contributed by atoms with Crippen LogP contribution < -0.4 is 4.90 Å². The largest absolute Gasteiger partial charge is 0.310 e. The van der Waals surface area contributed by atoms with E-state index in [4.69, 9.17) is 0 Å². The number of hydrogen-bond acceptors (Lipinski definition) is 1. The summed E-state index contributed by atoms with van der Waals surface area (Å²) in [5.74, 6) is 0.576. The van der Waals surface area contributed by atoms with Gasteiger partial charge in [-0.25, -0.2) is 0 Å². The number of rotatable bonds is 8. The third-order valence-electron chi connectivity index (χ3n) is 13.5. The number of hydrogen-bond donors (Lipinski definition) is 0. The Morgan fingerprint density at radius 2 is 0.797 bits per heavy atom. The van der Waals surface area contributed by atoms with Crippen LogP contribution in [0, 0.1) is 0 Å². The molecule has 0 atom stereocenters. The minimum absolute atomic E-state index is 0.576. The highest BCUT2D eigenvalue weighted by Gasteiger charge is 2.29. The molecule has 0 amide bonds. The summed E-state index contributed by atoms with van der Waals surface area (Å²) in [6.45, 7) is 0. The third kappa shape index (κ3) is 5.96. The molecule has 0 bridgehead atoms. The van der Waals surface area contributed by atoms with Crippen molar-refractivity contribution in [3.63, 3.8) is 0 Å². The fourth-order valence-corrected chi connectivity index (χ4v) is 10.3. The Balaban J connectivity index is 1.05. The molecule has 0 aliphatic heterocycles. The second-order valence-corrected chi connectivity index (χ2v) is 17.3. The normalized spacial score (nSPS) is 12.8. The highest BCUT2D eigenvalue weighted by molar-refractivity contribution is 6.20. The average Bonchev–Trinajstić information content (AvgIpc) is 4.09. The van der Waals surface area contributed by atoms with Gasteiger partial charge in [0.15, 0.2) is 0 Å². The summed E-state index contributed by atoms with van der Waals surface area (Å²) in [5, 5.41) is 7.68. The number of para-hydroxylation sites is 3. The lowest BCUT2D eigenvalue weighted by Gasteiger charge is -2.27. The van der Waals surface area contributed by atoms with Crippen LogP contribution in [0.3, 0.4) is 0 Å². The highest BCUT2D eigenvalue weighted by Crippen LogP contribution is 2.49. The zero-order valence-corrected chi connectivity index (χ0v) is 35.3. The van der Waals surface area contributed by atoms with Gasteiger partial charge in [-0.3, -0.25) is 0 Å². The summed E-state index contributed by atoms with van der Waals surface area (Å²) in [5.41, 5.74) is 16.8. The van der Waals surface area contributed by atoms with Crippen LogP contribution in [0.2, 0.25) is 0 Å². The SMILES string of the molecule is c1ccc(-c2ccc(N(c3ccc(-c4ccccc4)cc3)c3ccc4c(C5CC5)cc5c6ccccc6n(-c6ccc7c(c6)c6ccccc6n7-c6ccccc6)c5c4c3)cc2)cc1. The van der Waals surface area contributed by atoms with Crippen LogP contribution in [0.25, 0.3) is 88.0 Å². The molecule has 1 aliphatic carbocycles. The molecule has 0 N–H and O–H groups in total. The van der Waals surface area contributed by atoms with Crippen molar-refractivity contribution in [3.05, 3.63) is 236 Å². The zero-order valence-electron chi connectivity index (χ0n) is 35.3. The van der Waals surface area contributed by atoms with Gasteiger partial charge in [0.05, 0.1) is 22.1 Å². The molecule has 12 aromatic rings. The first-order chi connectivity index (χ1) is 31.7. The van der Waals surface area contributed by atoms with Crippen LogP contribution >= 0.6 is 0 Å². The summed E-state index contributed by atoms with van der Waals surface area (Å²) in [6.07, 6.45) is 2.47. The molecule has 0 saturated heterocycles. The van der Waals surface area contributed by atoms with Gasteiger partial charge in [-0.05, 0) is 137 Å². The van der Waals surface area contributed by atoms with E-state index < -0.39 is 0 Å². The monoisotopic (exact) mass is 817 g/mol. The topological polar surface area (TPSA) is 13.1 Å². The van der Waals surface area contributed by atoms with Crippen molar-refractivity contribution in [2.75, 3.05) is 4.90 Å². The molecule has 0 radical (unpaired) electrons. The van der Waals surface area contributed by atoms with Crippen molar-refractivity contribution in [2.24, 2.45) is 0 Å². The fraction of sp³-hybridized carbons (Fsp3) is 0.0492. The number of nitrogens with zero attached hydrogens (tertiary/aromatic N) is 3. The standard InChI is InChI=1S/C61H43N3/c1-4-14-41(15-5-1)43-26-30-47(31-27-43)62(48-32-28-44(29-33-48)42-16-6-2-7-17-42)49-34-36-51-54(45-24-25-45)40-57-53-21-11-13-23-59(53)64(61(57)56(51)39-49)50-35-37-60-55(38-50)52-20-10-12-22-58(52)63(60)46-18-8-3-9-19-46/h1-23,26-40,45H,24-25H2. The van der Waals surface area contributed by atoms with Gasteiger partial charge in [0.1, 0.15) is 0 Å². The van der Waals surface area contributed by atoms with Crippen molar-refractivity contribution >= 4 is 71.4 Å². The van der Waals surface area contributed by atoms with Crippen LogP contribution in [-0.2, 0) is 0 Å². The molecule has 1 aliphatic rings. The van der Waals surface area contributed by atoms with Crippen molar-refractivity contribution in [3.8, 4) is 33.6 Å². The molecule has 0 spiro atoms. The van der Waals surface area contributed by atoms with Gasteiger partial charge in [0.2, 0.25) is 0 Å². The van der Waals surface area contributed by atoms with Crippen LogP contribution in [-0.4, -0.2) is 9.13 Å². The minimum Gasteiger partial charge on any atom is -0.310 e. The average molecular weight is 818 g/mol. The molecular weight excluding hydrogens is 775 g/mol. The van der Waals surface area contributed by atoms with Crippen molar-refractivity contribution in [1.82, 2.24) is 9.13 Å². The van der Waals surface area contributed by atoms with Crippen molar-refractivity contribution < 1.29 is 0 Å². The molecule has 64 heavy (non-hydrogen) atoms. The summed E-state index contributed by atoms with van der Waals surface area (Å²) in [7, 11) is 0. The summed E-state index contributed by atoms with van der Waals surface area (Å²) in [6, 6.07) is 84.7. The van der Waals surface area contributed by atoms with Crippen molar-refractivity contribution in [2.45, 2.75) is 18.8 Å². The van der Waals surface area contributed by atoms with Crippen LogP contribution in [0.4, 0.5) is 17.1 Å². The first-order valence-electron chi connectivity index (χ1n) is 22.5. The number of anilines is 3. The first-order valence-corrected chi connectivity index (χ1v) is 22.5. The van der Waals surface area contributed by atoms with Gasteiger partial charge in [-0.1, -0.05) is 146 Å². The second-order valence-electron chi connectivity index (χ2n) is 17.3. The summed E-state index contributed by atoms with van der Waals surface area (Å²) < 4.78 is 4.94. The van der Waals surface area contributed by atoms with Gasteiger partial charge in [-0.15, -0.1) is 0 Å². The third-order valence-corrected chi connectivity index (χ3v) is 13.5. The van der Waals surface area contributed by atoms with Gasteiger partial charge in [-0.2, -0.15) is 0 Å². The van der Waals surface area contributed by atoms with Gasteiger partial charge < -0.3 is 14.0 Å². The first kappa shape index (κ1) is 36.5. The second kappa shape index (κ2) is 14.8. The Morgan fingerprint density at radius 1 is 0.312 bits per heavy atom. The van der Waals surface area contributed by atoms with E-state index in [1.165, 1.54) is 101 Å². The van der Waals surface area contributed by atoms with E-state index in [9.17, 15) is 0 Å². The van der Waals surface area contributed by atoms with E-state index in [-0.39, 0.29) is 0 Å². The Morgan fingerprint density at radius 3 is 1.41 bits per heavy atom. The van der Waals surface area contributed by atoms with E-state index in [1.54, 1.807) is 0 Å². The van der Waals surface area contributed by atoms with Crippen molar-refractivity contribution in [1.29, 1.82) is 0 Å². The van der Waals surface area contributed by atoms with E-state index in [2.05, 4.69) is 245 Å². The predicted molar refractivity (Wildman–Crippen MR) is 270 cm³/mol. The molecule has 2 heterocycles. The zero-order chi connectivity index (χ0) is 42.1. The molecule has 2 aromatic heterocycles. The van der Waals surface area contributed by atoms with E-state index in [0.29, 0.717) is 5.92 Å². The smallest absolute Gasteiger partial charge is 0.0620 e. The Kier molecular flexibility index (Phi) is 8.42. The molecule has 1 fully saturated rings. The minimum atomic E-state index is 0.576. The molecule has 302 valence electrons. The molecule has 13 rings (SSSR count). The van der Waals surface area contributed by atoms with Crippen LogP contribution in [0.5, 0.6) is 0 Å². The molecule has 3 nitrogen and oxygen atoms in total. The van der Waals surface area contributed by atoms with Gasteiger partial charge in [0.25, 0.3) is 0 Å². The fourth-order valence-electron chi connectivity index (χ4n) is 10.3. The Labute approximate surface area is 372 Å². The lowest BCUT2D eigenvalue weighted by Crippen LogP contribution is -2.10. The Bertz CT molecular complexity index is 3610. The Hall–Kier alpha value is -8.14. The molecular formula is C61H43N3.